The van der Waals surface area contributed by atoms with Crippen LogP contribution in [-0.4, -0.2) is 48.9 Å². The predicted molar refractivity (Wildman–Crippen MR) is 118 cm³/mol. The lowest BCUT2D eigenvalue weighted by molar-refractivity contribution is -0.123. The first-order valence-electron chi connectivity index (χ1n) is 9.68. The molecule has 0 fully saturated rings. The summed E-state index contributed by atoms with van der Waals surface area (Å²) in [5, 5.41) is 8.33. The molecule has 0 saturated carbocycles. The van der Waals surface area contributed by atoms with Gasteiger partial charge in [-0.15, -0.1) is 0 Å². The van der Waals surface area contributed by atoms with E-state index in [0.29, 0.717) is 29.4 Å². The molecule has 0 bridgehead atoms. The van der Waals surface area contributed by atoms with E-state index in [1.54, 1.807) is 67.5 Å². The number of nitrogens with one attached hydrogen (secondary N) is 3. The van der Waals surface area contributed by atoms with Crippen molar-refractivity contribution in [3.05, 3.63) is 48.5 Å². The molecule has 30 heavy (non-hydrogen) atoms. The Hall–Kier alpha value is -3.39. The first-order valence-corrected chi connectivity index (χ1v) is 9.68. The molecule has 2 aromatic rings. The Morgan fingerprint density at radius 3 is 1.90 bits per heavy atom. The molecule has 0 heterocycles. The van der Waals surface area contributed by atoms with Gasteiger partial charge < -0.3 is 20.7 Å². The van der Waals surface area contributed by atoms with E-state index >= 15 is 0 Å². The van der Waals surface area contributed by atoms with E-state index in [-0.39, 0.29) is 24.3 Å². The van der Waals surface area contributed by atoms with E-state index < -0.39 is 6.04 Å². The van der Waals surface area contributed by atoms with E-state index in [0.717, 1.165) is 0 Å². The summed E-state index contributed by atoms with van der Waals surface area (Å²) in [6.07, 6.45) is 0. The average Bonchev–Trinajstić information content (AvgIpc) is 2.73. The number of carbonyl (C=O) groups excluding carboxylic acids is 3. The Balaban J connectivity index is 1.91. The molecule has 3 N–H and O–H groups in total. The maximum absolute atomic E-state index is 12.6. The van der Waals surface area contributed by atoms with Crippen molar-refractivity contribution in [2.24, 2.45) is 0 Å². The van der Waals surface area contributed by atoms with Crippen LogP contribution in [0.4, 0.5) is 17.1 Å². The lowest BCUT2D eigenvalue weighted by Crippen LogP contribution is -2.45. The SMILES string of the molecule is CCN(CC(=O)Nc1ccc(OC)cc1)[C@H](C)C(=O)Nc1ccc(NC(C)=O)cc1. The molecule has 1 atom stereocenters. The number of benzene rings is 2. The maximum atomic E-state index is 12.6. The first-order chi connectivity index (χ1) is 14.3. The summed E-state index contributed by atoms with van der Waals surface area (Å²) in [6.45, 7) is 5.70. The summed E-state index contributed by atoms with van der Waals surface area (Å²) in [7, 11) is 1.58. The minimum Gasteiger partial charge on any atom is -0.497 e. The maximum Gasteiger partial charge on any atom is 0.241 e. The molecule has 0 spiro atoms. The number of methoxy groups -OCH3 is 1. The fourth-order valence-corrected chi connectivity index (χ4v) is 2.83. The predicted octanol–water partition coefficient (Wildman–Crippen LogP) is 2.94. The van der Waals surface area contributed by atoms with Crippen molar-refractivity contribution in [2.75, 3.05) is 36.1 Å². The number of hydrogen-bond donors (Lipinski definition) is 3. The second-order valence-electron chi connectivity index (χ2n) is 6.76. The highest BCUT2D eigenvalue weighted by molar-refractivity contribution is 5.96. The number of ether oxygens (including phenoxy) is 1. The summed E-state index contributed by atoms with van der Waals surface area (Å²) in [5.41, 5.74) is 1.92. The van der Waals surface area contributed by atoms with E-state index in [1.807, 2.05) is 6.92 Å². The summed E-state index contributed by atoms with van der Waals surface area (Å²) < 4.78 is 5.10. The molecule has 8 heteroatoms. The van der Waals surface area contributed by atoms with Gasteiger partial charge in [0.2, 0.25) is 17.7 Å². The average molecular weight is 412 g/mol. The Morgan fingerprint density at radius 1 is 0.900 bits per heavy atom. The van der Waals surface area contributed by atoms with Crippen LogP contribution in [0.15, 0.2) is 48.5 Å². The third kappa shape index (κ3) is 6.89. The zero-order chi connectivity index (χ0) is 22.1. The number of rotatable bonds is 9. The van der Waals surface area contributed by atoms with Gasteiger partial charge in [0.1, 0.15) is 5.75 Å². The van der Waals surface area contributed by atoms with Crippen molar-refractivity contribution in [2.45, 2.75) is 26.8 Å². The van der Waals surface area contributed by atoms with Gasteiger partial charge in [0, 0.05) is 24.0 Å². The quantitative estimate of drug-likeness (QED) is 0.588. The van der Waals surface area contributed by atoms with Crippen molar-refractivity contribution in [1.82, 2.24) is 4.90 Å². The van der Waals surface area contributed by atoms with Crippen LogP contribution in [0, 0.1) is 0 Å². The summed E-state index contributed by atoms with van der Waals surface area (Å²) in [4.78, 5) is 37.9. The highest BCUT2D eigenvalue weighted by Crippen LogP contribution is 2.16. The Bertz CT molecular complexity index is 866. The molecule has 0 radical (unpaired) electrons. The molecule has 2 rings (SSSR count). The molecule has 0 aromatic heterocycles. The van der Waals surface area contributed by atoms with Crippen LogP contribution in [0.1, 0.15) is 20.8 Å². The highest BCUT2D eigenvalue weighted by atomic mass is 16.5. The smallest absolute Gasteiger partial charge is 0.241 e. The van der Waals surface area contributed by atoms with Crippen molar-refractivity contribution >= 4 is 34.8 Å². The van der Waals surface area contributed by atoms with Crippen molar-refractivity contribution in [3.8, 4) is 5.75 Å². The lowest BCUT2D eigenvalue weighted by atomic mass is 10.2. The molecule has 2 aromatic carbocycles. The van der Waals surface area contributed by atoms with Gasteiger partial charge >= 0.3 is 0 Å². The van der Waals surface area contributed by atoms with Gasteiger partial charge in [0.25, 0.3) is 0 Å². The zero-order valence-corrected chi connectivity index (χ0v) is 17.7. The van der Waals surface area contributed by atoms with Crippen molar-refractivity contribution < 1.29 is 19.1 Å². The summed E-state index contributed by atoms with van der Waals surface area (Å²) >= 11 is 0. The molecule has 0 unspecified atom stereocenters. The summed E-state index contributed by atoms with van der Waals surface area (Å²) in [5.74, 6) is 0.119. The molecular weight excluding hydrogens is 384 g/mol. The largest absolute Gasteiger partial charge is 0.497 e. The molecule has 0 aliphatic carbocycles. The van der Waals surface area contributed by atoms with E-state index in [1.165, 1.54) is 6.92 Å². The second kappa shape index (κ2) is 11.0. The van der Waals surface area contributed by atoms with Crippen molar-refractivity contribution in [1.29, 1.82) is 0 Å². The number of amides is 3. The number of hydrogen-bond acceptors (Lipinski definition) is 5. The molecule has 160 valence electrons. The van der Waals surface area contributed by atoms with Gasteiger partial charge in [-0.1, -0.05) is 6.92 Å². The first kappa shape index (κ1) is 22.9. The topological polar surface area (TPSA) is 99.8 Å². The molecule has 0 aliphatic rings. The van der Waals surface area contributed by atoms with Gasteiger partial charge in [0.15, 0.2) is 0 Å². The van der Waals surface area contributed by atoms with E-state index in [9.17, 15) is 14.4 Å². The van der Waals surface area contributed by atoms with E-state index in [2.05, 4.69) is 16.0 Å². The van der Waals surface area contributed by atoms with Crippen LogP contribution >= 0.6 is 0 Å². The standard InChI is InChI=1S/C22H28N4O4/c1-5-26(14-21(28)24-18-10-12-20(30-4)13-11-18)15(2)22(29)25-19-8-6-17(7-9-19)23-16(3)27/h6-13,15H,5,14H2,1-4H3,(H,23,27)(H,24,28)(H,25,29)/t15-/m1/s1. The number of carbonyl (C=O) groups is 3. The van der Waals surface area contributed by atoms with Crippen LogP contribution in [0.25, 0.3) is 0 Å². The number of likely N-dealkylation sites (N-methyl/N-ethyl adjacent to an activating group) is 1. The molecular formula is C22H28N4O4. The van der Waals surface area contributed by atoms with Gasteiger partial charge in [-0.3, -0.25) is 19.3 Å². The molecule has 0 saturated heterocycles. The second-order valence-corrected chi connectivity index (χ2v) is 6.76. The van der Waals surface area contributed by atoms with Crippen LogP contribution in [0.3, 0.4) is 0 Å². The van der Waals surface area contributed by atoms with E-state index in [4.69, 9.17) is 4.74 Å². The molecule has 3 amide bonds. The van der Waals surface area contributed by atoms with Gasteiger partial charge in [0.05, 0.1) is 19.7 Å². The van der Waals surface area contributed by atoms with Crippen molar-refractivity contribution in [3.63, 3.8) is 0 Å². The Morgan fingerprint density at radius 2 is 1.40 bits per heavy atom. The van der Waals surface area contributed by atoms with Crippen LogP contribution in [0.5, 0.6) is 5.75 Å². The normalized spacial score (nSPS) is 11.5. The van der Waals surface area contributed by atoms with Crippen LogP contribution in [-0.2, 0) is 14.4 Å². The number of nitrogens with zero attached hydrogens (tertiary/aromatic N) is 1. The van der Waals surface area contributed by atoms with Gasteiger partial charge in [-0.2, -0.15) is 0 Å². The fourth-order valence-electron chi connectivity index (χ4n) is 2.83. The molecule has 8 nitrogen and oxygen atoms in total. The zero-order valence-electron chi connectivity index (χ0n) is 17.7. The van der Waals surface area contributed by atoms with Crippen LogP contribution in [0.2, 0.25) is 0 Å². The van der Waals surface area contributed by atoms with Gasteiger partial charge in [-0.05, 0) is 62.0 Å². The minimum atomic E-state index is -0.508. The van der Waals surface area contributed by atoms with Gasteiger partial charge in [-0.25, -0.2) is 0 Å². The highest BCUT2D eigenvalue weighted by Gasteiger charge is 2.22. The third-order valence-corrected chi connectivity index (χ3v) is 4.53. The summed E-state index contributed by atoms with van der Waals surface area (Å²) in [6, 6.07) is 13.4. The minimum absolute atomic E-state index is 0.0819. The third-order valence-electron chi connectivity index (χ3n) is 4.53. The number of anilines is 3. The van der Waals surface area contributed by atoms with Crippen LogP contribution < -0.4 is 20.7 Å². The lowest BCUT2D eigenvalue weighted by Gasteiger charge is -2.26. The monoisotopic (exact) mass is 412 g/mol. The molecule has 0 aliphatic heterocycles. The fraction of sp³-hybridized carbons (Fsp3) is 0.318. The Labute approximate surface area is 176 Å². The Kier molecular flexibility index (Phi) is 8.37.